The summed E-state index contributed by atoms with van der Waals surface area (Å²) in [5.74, 6) is 0.828. The van der Waals surface area contributed by atoms with Crippen molar-refractivity contribution in [3.8, 4) is 5.75 Å². The Bertz CT molecular complexity index is 683. The first-order valence-electron chi connectivity index (χ1n) is 6.74. The second kappa shape index (κ2) is 5.64. The van der Waals surface area contributed by atoms with Gasteiger partial charge < -0.3 is 9.47 Å². The van der Waals surface area contributed by atoms with E-state index < -0.39 is 5.60 Å². The van der Waals surface area contributed by atoms with Crippen molar-refractivity contribution in [2.24, 2.45) is 0 Å². The third-order valence-corrected chi connectivity index (χ3v) is 3.92. The lowest BCUT2D eigenvalue weighted by atomic mass is 10.1. The van der Waals surface area contributed by atoms with E-state index in [1.54, 1.807) is 29.6 Å². The number of fused-ring (bicyclic) bond motifs is 1. The van der Waals surface area contributed by atoms with Crippen LogP contribution < -0.4 is 4.74 Å². The van der Waals surface area contributed by atoms with E-state index in [0.717, 1.165) is 27.1 Å². The summed E-state index contributed by atoms with van der Waals surface area (Å²) < 4.78 is 12.5. The number of thioether (sulfide) groups is 1. The van der Waals surface area contributed by atoms with E-state index in [9.17, 15) is 4.79 Å². The molecule has 0 unspecified atom stereocenters. The highest BCUT2D eigenvalue weighted by atomic mass is 32.2. The number of carbonyl (C=O) groups excluding carboxylic acids is 1. The van der Waals surface area contributed by atoms with Crippen molar-refractivity contribution in [3.63, 3.8) is 0 Å². The fourth-order valence-electron chi connectivity index (χ4n) is 2.31. The Morgan fingerprint density at radius 1 is 1.33 bits per heavy atom. The molecule has 1 aromatic carbocycles. The van der Waals surface area contributed by atoms with Crippen LogP contribution in [0.15, 0.2) is 23.2 Å². The summed E-state index contributed by atoms with van der Waals surface area (Å²) >= 11 is 1.61. The highest BCUT2D eigenvalue weighted by Crippen LogP contribution is 2.37. The molecule has 0 atom stereocenters. The van der Waals surface area contributed by atoms with E-state index in [-0.39, 0.29) is 6.09 Å². The lowest BCUT2D eigenvalue weighted by Gasteiger charge is -2.20. The van der Waals surface area contributed by atoms with Crippen LogP contribution >= 0.6 is 11.8 Å². The van der Waals surface area contributed by atoms with Gasteiger partial charge in [-0.3, -0.25) is 4.57 Å². The smallest absolute Gasteiger partial charge is 0.419 e. The fourth-order valence-corrected chi connectivity index (χ4v) is 3.03. The van der Waals surface area contributed by atoms with Gasteiger partial charge in [0.1, 0.15) is 11.4 Å². The Labute approximate surface area is 129 Å². The predicted octanol–water partition coefficient (Wildman–Crippen LogP) is 4.46. The van der Waals surface area contributed by atoms with Gasteiger partial charge in [-0.25, -0.2) is 4.79 Å². The summed E-state index contributed by atoms with van der Waals surface area (Å²) in [7, 11) is 1.66. The average molecular weight is 307 g/mol. The quantitative estimate of drug-likeness (QED) is 0.768. The van der Waals surface area contributed by atoms with Gasteiger partial charge in [0.25, 0.3) is 0 Å². The van der Waals surface area contributed by atoms with Crippen molar-refractivity contribution < 1.29 is 14.3 Å². The second-order valence-electron chi connectivity index (χ2n) is 5.86. The molecule has 0 spiro atoms. The summed E-state index contributed by atoms with van der Waals surface area (Å²) in [6.45, 7) is 7.55. The largest absolute Gasteiger partial charge is 0.496 e. The van der Waals surface area contributed by atoms with Crippen LogP contribution in [0.5, 0.6) is 5.75 Å². The zero-order valence-electron chi connectivity index (χ0n) is 13.3. The molecule has 0 amide bonds. The number of ether oxygens (including phenoxy) is 2. The predicted molar refractivity (Wildman–Crippen MR) is 86.6 cm³/mol. The number of hydrogen-bond acceptors (Lipinski definition) is 4. The number of carbonyl (C=O) groups is 1. The van der Waals surface area contributed by atoms with E-state index in [1.165, 1.54) is 0 Å². The summed E-state index contributed by atoms with van der Waals surface area (Å²) in [6, 6.07) is 3.88. The first-order valence-corrected chi connectivity index (χ1v) is 7.97. The lowest BCUT2D eigenvalue weighted by Crippen LogP contribution is -2.26. The Kier molecular flexibility index (Phi) is 4.23. The van der Waals surface area contributed by atoms with E-state index in [1.807, 2.05) is 46.1 Å². The van der Waals surface area contributed by atoms with Crippen molar-refractivity contribution in [2.45, 2.75) is 38.2 Å². The molecule has 0 saturated carbocycles. The first kappa shape index (κ1) is 15.8. The molecule has 0 aliphatic carbocycles. The number of benzene rings is 1. The lowest BCUT2D eigenvalue weighted by molar-refractivity contribution is 0.0544. The summed E-state index contributed by atoms with van der Waals surface area (Å²) in [6.07, 6.45) is 3.39. The number of hydrogen-bond donors (Lipinski definition) is 0. The Hall–Kier alpha value is -1.62. The van der Waals surface area contributed by atoms with Gasteiger partial charge in [-0.1, -0.05) is 0 Å². The SMILES string of the molecule is COc1cc(C)c2c(ccn2C(=O)OC(C)(C)C)c1SC. The van der Waals surface area contributed by atoms with Crippen molar-refractivity contribution in [3.05, 3.63) is 23.9 Å². The molecule has 0 saturated heterocycles. The van der Waals surface area contributed by atoms with Crippen LogP contribution in [-0.2, 0) is 4.74 Å². The molecule has 0 aliphatic rings. The standard InChI is InChI=1S/C16H21NO3S/c1-10-9-12(19-5)14(21-6)11-7-8-17(13(10)11)15(18)20-16(2,3)4/h7-9H,1-6H3. The molecule has 4 nitrogen and oxygen atoms in total. The minimum atomic E-state index is -0.517. The molecule has 21 heavy (non-hydrogen) atoms. The van der Waals surface area contributed by atoms with Crippen LogP contribution in [0.3, 0.4) is 0 Å². The van der Waals surface area contributed by atoms with Gasteiger partial charge in [-0.05, 0) is 51.6 Å². The molecule has 1 heterocycles. The molecule has 5 heteroatoms. The number of aryl methyl sites for hydroxylation is 1. The van der Waals surface area contributed by atoms with Crippen molar-refractivity contribution in [1.29, 1.82) is 0 Å². The molecular formula is C16H21NO3S. The molecule has 0 fully saturated rings. The van der Waals surface area contributed by atoms with Gasteiger partial charge in [0.15, 0.2) is 0 Å². The number of rotatable bonds is 2. The highest BCUT2D eigenvalue weighted by Gasteiger charge is 2.21. The van der Waals surface area contributed by atoms with Crippen LogP contribution in [-0.4, -0.2) is 29.6 Å². The van der Waals surface area contributed by atoms with Crippen molar-refractivity contribution >= 4 is 28.8 Å². The van der Waals surface area contributed by atoms with Gasteiger partial charge in [-0.15, -0.1) is 11.8 Å². The van der Waals surface area contributed by atoms with Gasteiger partial charge in [0.05, 0.1) is 17.5 Å². The first-order chi connectivity index (χ1) is 9.78. The molecule has 0 bridgehead atoms. The van der Waals surface area contributed by atoms with Gasteiger partial charge in [-0.2, -0.15) is 0 Å². The number of aromatic nitrogens is 1. The van der Waals surface area contributed by atoms with Gasteiger partial charge >= 0.3 is 6.09 Å². The van der Waals surface area contributed by atoms with Crippen LogP contribution in [0.4, 0.5) is 4.79 Å². The molecule has 0 radical (unpaired) electrons. The summed E-state index contributed by atoms with van der Waals surface area (Å²) in [4.78, 5) is 13.4. The van der Waals surface area contributed by atoms with Crippen LogP contribution in [0.1, 0.15) is 26.3 Å². The van der Waals surface area contributed by atoms with Gasteiger partial charge in [0.2, 0.25) is 0 Å². The summed E-state index contributed by atoms with van der Waals surface area (Å²) in [5, 5.41) is 1.00. The topological polar surface area (TPSA) is 40.5 Å². The van der Waals surface area contributed by atoms with Crippen molar-refractivity contribution in [2.75, 3.05) is 13.4 Å². The van der Waals surface area contributed by atoms with Crippen LogP contribution in [0.2, 0.25) is 0 Å². The van der Waals surface area contributed by atoms with Crippen LogP contribution in [0, 0.1) is 6.92 Å². The Morgan fingerprint density at radius 3 is 2.52 bits per heavy atom. The zero-order valence-corrected chi connectivity index (χ0v) is 14.1. The molecule has 2 rings (SSSR count). The third-order valence-electron chi connectivity index (χ3n) is 3.09. The maximum absolute atomic E-state index is 12.3. The van der Waals surface area contributed by atoms with Crippen molar-refractivity contribution in [1.82, 2.24) is 4.57 Å². The van der Waals surface area contributed by atoms with E-state index in [4.69, 9.17) is 9.47 Å². The van der Waals surface area contributed by atoms with E-state index >= 15 is 0 Å². The monoisotopic (exact) mass is 307 g/mol. The number of nitrogens with zero attached hydrogens (tertiary/aromatic N) is 1. The minimum Gasteiger partial charge on any atom is -0.496 e. The molecular weight excluding hydrogens is 286 g/mol. The summed E-state index contributed by atoms with van der Waals surface area (Å²) in [5.41, 5.74) is 1.33. The molecule has 2 aromatic rings. The second-order valence-corrected chi connectivity index (χ2v) is 6.67. The Morgan fingerprint density at radius 2 is 2.00 bits per heavy atom. The fraction of sp³-hybridized carbons (Fsp3) is 0.438. The van der Waals surface area contributed by atoms with Gasteiger partial charge in [0, 0.05) is 11.6 Å². The van der Waals surface area contributed by atoms with E-state index in [2.05, 4.69) is 0 Å². The number of methoxy groups -OCH3 is 1. The maximum atomic E-state index is 12.3. The minimum absolute atomic E-state index is 0.363. The Balaban J connectivity index is 2.61. The van der Waals surface area contributed by atoms with E-state index in [0.29, 0.717) is 0 Å². The molecule has 0 aliphatic heterocycles. The maximum Gasteiger partial charge on any atom is 0.419 e. The third kappa shape index (κ3) is 3.02. The zero-order chi connectivity index (χ0) is 15.8. The molecule has 0 N–H and O–H groups in total. The van der Waals surface area contributed by atoms with Crippen LogP contribution in [0.25, 0.3) is 10.9 Å². The normalized spacial score (nSPS) is 11.7. The molecule has 1 aromatic heterocycles. The highest BCUT2D eigenvalue weighted by molar-refractivity contribution is 7.99. The molecule has 114 valence electrons. The average Bonchev–Trinajstić information content (AvgIpc) is 2.81.